The summed E-state index contributed by atoms with van der Waals surface area (Å²) in [5.74, 6) is 0.385. The van der Waals surface area contributed by atoms with Gasteiger partial charge >= 0.3 is 0 Å². The van der Waals surface area contributed by atoms with Crippen molar-refractivity contribution < 1.29 is 0 Å². The maximum Gasteiger partial charge on any atom is 0.0845 e. The van der Waals surface area contributed by atoms with Crippen molar-refractivity contribution in [1.82, 2.24) is 0 Å². The Labute approximate surface area is 142 Å². The number of hydrogen-bond acceptors (Lipinski definition) is 2. The molecule has 0 fully saturated rings. The molecule has 0 saturated heterocycles. The molecule has 1 aliphatic heterocycles. The van der Waals surface area contributed by atoms with Crippen molar-refractivity contribution >= 4 is 34.4 Å². The summed E-state index contributed by atoms with van der Waals surface area (Å²) in [6.45, 7) is 4.35. The summed E-state index contributed by atoms with van der Waals surface area (Å²) in [4.78, 5) is 6.03. The monoisotopic (exact) mass is 327 g/mol. The second-order valence-corrected chi connectivity index (χ2v) is 6.94. The average molecular weight is 328 g/mol. The van der Waals surface area contributed by atoms with Crippen molar-refractivity contribution in [3.8, 4) is 0 Å². The van der Waals surface area contributed by atoms with Gasteiger partial charge in [0.25, 0.3) is 0 Å². The first kappa shape index (κ1) is 15.4. The Balaban J connectivity index is 2.23. The number of rotatable bonds is 2. The van der Waals surface area contributed by atoms with E-state index in [0.29, 0.717) is 5.92 Å². The highest BCUT2D eigenvalue weighted by Crippen LogP contribution is 2.27. The van der Waals surface area contributed by atoms with Crippen LogP contribution in [0.4, 0.5) is 0 Å². The molecule has 1 unspecified atom stereocenters. The number of fused-ring (bicyclic) bond motifs is 1. The Morgan fingerprint density at radius 2 is 1.86 bits per heavy atom. The third-order valence-corrected chi connectivity index (χ3v) is 4.59. The summed E-state index contributed by atoms with van der Waals surface area (Å²) in [5.41, 5.74) is 4.42. The van der Waals surface area contributed by atoms with Crippen molar-refractivity contribution in [3.05, 3.63) is 70.2 Å². The molecule has 0 amide bonds. The summed E-state index contributed by atoms with van der Waals surface area (Å²) >= 11 is 11.9. The van der Waals surface area contributed by atoms with Crippen LogP contribution in [0.1, 0.15) is 30.5 Å². The minimum absolute atomic E-state index is 0.0661. The topological polar surface area (TPSA) is 12.4 Å². The van der Waals surface area contributed by atoms with Crippen LogP contribution in [0.5, 0.6) is 0 Å². The van der Waals surface area contributed by atoms with E-state index in [0.717, 1.165) is 33.1 Å². The molecule has 0 N–H and O–H groups in total. The number of benzene rings is 2. The first-order chi connectivity index (χ1) is 10.6. The lowest BCUT2D eigenvalue weighted by atomic mass is 9.95. The van der Waals surface area contributed by atoms with Crippen molar-refractivity contribution in [3.63, 3.8) is 0 Å². The lowest BCUT2D eigenvalue weighted by Gasteiger charge is -2.16. The van der Waals surface area contributed by atoms with Crippen molar-refractivity contribution in [1.29, 1.82) is 0 Å². The molecular weight excluding hydrogens is 310 g/mol. The lowest BCUT2D eigenvalue weighted by molar-refractivity contribution is 0.599. The molecule has 2 aromatic carbocycles. The smallest absolute Gasteiger partial charge is 0.0845 e. The Morgan fingerprint density at radius 3 is 2.55 bits per heavy atom. The van der Waals surface area contributed by atoms with Crippen LogP contribution in [-0.2, 0) is 6.42 Å². The van der Waals surface area contributed by atoms with Gasteiger partial charge in [-0.25, -0.2) is 0 Å². The molecule has 0 aliphatic carbocycles. The van der Waals surface area contributed by atoms with E-state index in [-0.39, 0.29) is 6.04 Å². The van der Waals surface area contributed by atoms with Gasteiger partial charge in [0, 0.05) is 27.4 Å². The highest BCUT2D eigenvalue weighted by Gasteiger charge is 2.25. The van der Waals surface area contributed by atoms with Crippen molar-refractivity contribution in [2.75, 3.05) is 0 Å². The zero-order valence-corrected chi connectivity index (χ0v) is 14.3. The Morgan fingerprint density at radius 1 is 1.14 bits per heavy atom. The summed E-state index contributed by atoms with van der Waals surface area (Å²) in [6, 6.07) is 16.4. The van der Waals surface area contributed by atoms with Gasteiger partial charge in [0.1, 0.15) is 0 Å². The van der Waals surface area contributed by atoms with Gasteiger partial charge in [0.05, 0.1) is 11.8 Å². The number of nitrogens with zero attached hydrogens (tertiary/aromatic N) is 1. The summed E-state index contributed by atoms with van der Waals surface area (Å²) in [5, 5.41) is 0.733. The Hall–Kier alpha value is -1.51. The van der Waals surface area contributed by atoms with Gasteiger partial charge in [-0.05, 0) is 23.6 Å². The van der Waals surface area contributed by atoms with Crippen LogP contribution in [0.25, 0.3) is 0 Å². The van der Waals surface area contributed by atoms with Crippen molar-refractivity contribution in [2.45, 2.75) is 26.3 Å². The normalized spacial score (nSPS) is 17.9. The zero-order chi connectivity index (χ0) is 15.7. The molecule has 1 atom stereocenters. The molecule has 2 aromatic rings. The van der Waals surface area contributed by atoms with E-state index >= 15 is 0 Å². The minimum atomic E-state index is 0.0661. The van der Waals surface area contributed by atoms with Crippen LogP contribution in [0.3, 0.4) is 0 Å². The third-order valence-electron chi connectivity index (χ3n) is 3.97. The van der Waals surface area contributed by atoms with Gasteiger partial charge in [0.15, 0.2) is 0 Å². The van der Waals surface area contributed by atoms with E-state index in [1.54, 1.807) is 0 Å². The quantitative estimate of drug-likeness (QED) is 0.697. The third kappa shape index (κ3) is 2.99. The largest absolute Gasteiger partial charge is 0.275 e. The van der Waals surface area contributed by atoms with E-state index in [1.807, 2.05) is 30.3 Å². The molecular formula is C19H18ClNS. The fourth-order valence-corrected chi connectivity index (χ4v) is 3.50. The number of aliphatic imine (C=N–C) groups is 1. The summed E-state index contributed by atoms with van der Waals surface area (Å²) in [6.07, 6.45) is 0.782. The second kappa shape index (κ2) is 6.31. The molecule has 112 valence electrons. The van der Waals surface area contributed by atoms with Gasteiger partial charge in [-0.2, -0.15) is 0 Å². The first-order valence-electron chi connectivity index (χ1n) is 7.51. The summed E-state index contributed by atoms with van der Waals surface area (Å²) < 4.78 is 0. The second-order valence-electron chi connectivity index (χ2n) is 5.98. The van der Waals surface area contributed by atoms with Gasteiger partial charge in [-0.3, -0.25) is 4.99 Å². The molecule has 3 heteroatoms. The average Bonchev–Trinajstić information content (AvgIpc) is 2.64. The fourth-order valence-electron chi connectivity index (χ4n) is 2.84. The minimum Gasteiger partial charge on any atom is -0.275 e. The van der Waals surface area contributed by atoms with Crippen LogP contribution >= 0.6 is 23.8 Å². The fraction of sp³-hybridized carbons (Fsp3) is 0.263. The van der Waals surface area contributed by atoms with E-state index in [1.165, 1.54) is 5.56 Å². The van der Waals surface area contributed by atoms with Gasteiger partial charge in [-0.1, -0.05) is 74.1 Å². The molecule has 1 heterocycles. The SMILES string of the molecule is CC(C)C1N=C(c2ccccc2)c2cc(Cl)ccc2CC1=S. The van der Waals surface area contributed by atoms with E-state index in [9.17, 15) is 0 Å². The zero-order valence-electron chi connectivity index (χ0n) is 12.7. The molecule has 0 aromatic heterocycles. The maximum atomic E-state index is 6.23. The van der Waals surface area contributed by atoms with Gasteiger partial charge in [-0.15, -0.1) is 0 Å². The van der Waals surface area contributed by atoms with Crippen LogP contribution < -0.4 is 0 Å². The predicted octanol–water partition coefficient (Wildman–Crippen LogP) is 5.13. The highest BCUT2D eigenvalue weighted by atomic mass is 35.5. The standard InChI is InChI=1S/C19H18ClNS/c1-12(2)18-17(22)10-14-8-9-15(20)11-16(14)19(21-18)13-6-4-3-5-7-13/h3-9,11-12,18H,10H2,1-2H3. The highest BCUT2D eigenvalue weighted by molar-refractivity contribution is 7.80. The van der Waals surface area contributed by atoms with Gasteiger partial charge < -0.3 is 0 Å². The molecule has 1 aliphatic rings. The molecule has 0 radical (unpaired) electrons. The van der Waals surface area contributed by atoms with Crippen LogP contribution in [0, 0.1) is 5.92 Å². The first-order valence-corrected chi connectivity index (χ1v) is 8.29. The molecule has 0 spiro atoms. The lowest BCUT2D eigenvalue weighted by Crippen LogP contribution is -2.24. The van der Waals surface area contributed by atoms with Crippen LogP contribution in [0.15, 0.2) is 53.5 Å². The van der Waals surface area contributed by atoms with Gasteiger partial charge in [0.2, 0.25) is 0 Å². The molecule has 0 saturated carbocycles. The molecule has 22 heavy (non-hydrogen) atoms. The van der Waals surface area contributed by atoms with E-state index < -0.39 is 0 Å². The van der Waals surface area contributed by atoms with Crippen LogP contribution in [0.2, 0.25) is 5.02 Å². The molecule has 0 bridgehead atoms. The van der Waals surface area contributed by atoms with E-state index in [2.05, 4.69) is 32.0 Å². The predicted molar refractivity (Wildman–Crippen MR) is 98.5 cm³/mol. The van der Waals surface area contributed by atoms with E-state index in [4.69, 9.17) is 28.8 Å². The molecule has 1 nitrogen and oxygen atoms in total. The number of hydrogen-bond donors (Lipinski definition) is 0. The Bertz CT molecular complexity index is 734. The maximum absolute atomic E-state index is 6.23. The Kier molecular flexibility index (Phi) is 4.42. The van der Waals surface area contributed by atoms with Crippen LogP contribution in [-0.4, -0.2) is 16.6 Å². The number of thiocarbonyl (C=S) groups is 1. The number of halogens is 1. The summed E-state index contributed by atoms with van der Waals surface area (Å²) in [7, 11) is 0. The molecule has 3 rings (SSSR count). The van der Waals surface area contributed by atoms with Crippen molar-refractivity contribution in [2.24, 2.45) is 10.9 Å².